The van der Waals surface area contributed by atoms with Gasteiger partial charge in [0, 0.05) is 25.7 Å². The van der Waals surface area contributed by atoms with Crippen LogP contribution in [0.15, 0.2) is 0 Å². The van der Waals surface area contributed by atoms with E-state index in [9.17, 15) is 5.53 Å². The molecule has 2 fully saturated rings. The van der Waals surface area contributed by atoms with E-state index in [1.165, 1.54) is 64.2 Å². The van der Waals surface area contributed by atoms with E-state index in [1.54, 1.807) is 4.70 Å². The van der Waals surface area contributed by atoms with Crippen molar-refractivity contribution < 1.29 is 4.70 Å². The zero-order valence-corrected chi connectivity index (χ0v) is 9.12. The van der Waals surface area contributed by atoms with Gasteiger partial charge in [-0.05, 0) is 25.7 Å². The molecule has 0 spiro atoms. The average molecular weight is 194 g/mol. The minimum Gasteiger partial charge on any atom is -0.506 e. The fourth-order valence-electron chi connectivity index (χ4n) is 2.99. The van der Waals surface area contributed by atoms with Gasteiger partial charge in [0.05, 0.1) is 0 Å². The van der Waals surface area contributed by atoms with Gasteiger partial charge in [-0.2, -0.15) is 0 Å². The van der Waals surface area contributed by atoms with Gasteiger partial charge in [-0.25, -0.2) is 0 Å². The highest BCUT2D eigenvalue weighted by Gasteiger charge is 2.27. The Balaban J connectivity index is 2.04. The molecule has 2 heterocycles. The van der Waals surface area contributed by atoms with Crippen LogP contribution >= 0.6 is 0 Å². The molecular weight excluding hydrogens is 172 g/mol. The van der Waals surface area contributed by atoms with E-state index in [2.05, 4.69) is 0 Å². The summed E-state index contributed by atoms with van der Waals surface area (Å²) in [5.74, 6) is 0. The lowest BCUT2D eigenvalue weighted by atomic mass is 9.90. The van der Waals surface area contributed by atoms with Crippen molar-refractivity contribution >= 4 is 0 Å². The highest BCUT2D eigenvalue weighted by Crippen LogP contribution is 2.26. The lowest BCUT2D eigenvalue weighted by molar-refractivity contribution is -0.626. The van der Waals surface area contributed by atoms with E-state index in [1.807, 2.05) is 0 Å². The predicted octanol–water partition coefficient (Wildman–Crippen LogP) is 3.69. The van der Waals surface area contributed by atoms with Crippen molar-refractivity contribution in [2.45, 2.75) is 76.3 Å². The Morgan fingerprint density at radius 3 is 1.36 bits per heavy atom. The third-order valence-corrected chi connectivity index (χ3v) is 3.90. The standard InChI is InChI=1S/C12H22N2/c13-14-11-7-3-1-4-8-12(14)10-6-2-5-9-11/h11-12H,1-10H2. The van der Waals surface area contributed by atoms with Crippen LogP contribution < -0.4 is 0 Å². The molecule has 0 amide bonds. The highest BCUT2D eigenvalue weighted by molar-refractivity contribution is 4.69. The molecule has 2 nitrogen and oxygen atoms in total. The molecule has 0 unspecified atom stereocenters. The van der Waals surface area contributed by atoms with Crippen LogP contribution in [0.5, 0.6) is 0 Å². The lowest BCUT2D eigenvalue weighted by Crippen LogP contribution is -2.35. The van der Waals surface area contributed by atoms with Gasteiger partial charge in [0.15, 0.2) is 0 Å². The maximum absolute atomic E-state index is 10.1. The molecule has 0 radical (unpaired) electrons. The van der Waals surface area contributed by atoms with E-state index in [4.69, 9.17) is 0 Å². The van der Waals surface area contributed by atoms with Crippen LogP contribution in [-0.2, 0) is 0 Å². The molecule has 0 atom stereocenters. The van der Waals surface area contributed by atoms with Gasteiger partial charge < -0.3 is 10.2 Å². The van der Waals surface area contributed by atoms with Gasteiger partial charge in [-0.3, -0.25) is 0 Å². The third-order valence-electron chi connectivity index (χ3n) is 3.90. The summed E-state index contributed by atoms with van der Waals surface area (Å²) in [6.45, 7) is 0. The fourth-order valence-corrected chi connectivity index (χ4v) is 2.99. The first-order valence-electron chi connectivity index (χ1n) is 6.35. The summed E-state index contributed by atoms with van der Waals surface area (Å²) in [5.41, 5.74) is 10.1. The van der Waals surface area contributed by atoms with Gasteiger partial charge in [0.1, 0.15) is 12.1 Å². The smallest absolute Gasteiger partial charge is 0.141 e. The molecule has 0 aromatic carbocycles. The molecule has 2 heteroatoms. The third kappa shape index (κ3) is 2.34. The van der Waals surface area contributed by atoms with E-state index < -0.39 is 0 Å². The second-order valence-corrected chi connectivity index (χ2v) is 4.96. The maximum atomic E-state index is 10.1. The van der Waals surface area contributed by atoms with Crippen molar-refractivity contribution in [3.05, 3.63) is 5.53 Å². The molecule has 0 N–H and O–H groups in total. The summed E-state index contributed by atoms with van der Waals surface area (Å²) in [6.07, 6.45) is 12.9. The van der Waals surface area contributed by atoms with Crippen LogP contribution in [0, 0.1) is 0 Å². The number of hydrogen-bond acceptors (Lipinski definition) is 0. The maximum Gasteiger partial charge on any atom is 0.141 e. The van der Waals surface area contributed by atoms with E-state index in [-0.39, 0.29) is 0 Å². The summed E-state index contributed by atoms with van der Waals surface area (Å²) in [4.78, 5) is 0. The number of hydrogen-bond donors (Lipinski definition) is 0. The lowest BCUT2D eigenvalue weighted by Gasteiger charge is -2.30. The Labute approximate surface area is 87.2 Å². The Hall–Kier alpha value is -0.400. The Bertz CT molecular complexity index is 168. The van der Waals surface area contributed by atoms with Crippen molar-refractivity contribution in [1.82, 2.24) is 0 Å². The van der Waals surface area contributed by atoms with E-state index in [0.717, 1.165) is 0 Å². The molecule has 2 saturated heterocycles. The summed E-state index contributed by atoms with van der Waals surface area (Å²) in [5, 5.41) is 0. The molecule has 0 aromatic rings. The SMILES string of the molecule is [N-]=[N+]1C2CCCCCC1CCCCC2. The van der Waals surface area contributed by atoms with Gasteiger partial charge in [0.2, 0.25) is 0 Å². The van der Waals surface area contributed by atoms with Crippen LogP contribution in [0.4, 0.5) is 0 Å². The van der Waals surface area contributed by atoms with Crippen LogP contribution in [-0.4, -0.2) is 16.8 Å². The fraction of sp³-hybridized carbons (Fsp3) is 1.00. The second kappa shape index (κ2) is 4.90. The van der Waals surface area contributed by atoms with Crippen LogP contribution in [0.3, 0.4) is 0 Å². The average Bonchev–Trinajstić information content (AvgIpc) is 2.14. The first-order valence-corrected chi connectivity index (χ1v) is 6.35. The molecule has 0 saturated carbocycles. The van der Waals surface area contributed by atoms with Crippen molar-refractivity contribution in [2.24, 2.45) is 0 Å². The molecule has 0 aliphatic carbocycles. The summed E-state index contributed by atoms with van der Waals surface area (Å²) >= 11 is 0. The van der Waals surface area contributed by atoms with Crippen molar-refractivity contribution in [3.8, 4) is 0 Å². The quantitative estimate of drug-likeness (QED) is 0.526. The Kier molecular flexibility index (Phi) is 3.55. The minimum absolute atomic E-state index is 0.473. The molecule has 2 aliphatic rings. The topological polar surface area (TPSA) is 25.3 Å². The van der Waals surface area contributed by atoms with E-state index in [0.29, 0.717) is 12.1 Å². The number of rotatable bonds is 0. The predicted molar refractivity (Wildman–Crippen MR) is 57.4 cm³/mol. The summed E-state index contributed by atoms with van der Waals surface area (Å²) in [6, 6.07) is 0.946. The monoisotopic (exact) mass is 194 g/mol. The molecule has 2 bridgehead atoms. The first-order chi connectivity index (χ1) is 6.88. The largest absolute Gasteiger partial charge is 0.506 e. The highest BCUT2D eigenvalue weighted by atomic mass is 15.2. The second-order valence-electron chi connectivity index (χ2n) is 4.96. The molecule has 0 aromatic heterocycles. The first kappa shape index (κ1) is 10.1. The van der Waals surface area contributed by atoms with Gasteiger partial charge in [0.25, 0.3) is 0 Å². The van der Waals surface area contributed by atoms with Gasteiger partial charge in [-0.15, -0.1) is 0 Å². The zero-order valence-electron chi connectivity index (χ0n) is 9.12. The normalized spacial score (nSPS) is 35.3. The molecule has 80 valence electrons. The van der Waals surface area contributed by atoms with Crippen LogP contribution in [0.1, 0.15) is 64.2 Å². The minimum atomic E-state index is 0.473. The van der Waals surface area contributed by atoms with Crippen LogP contribution in [0.2, 0.25) is 0 Å². The molecule has 2 aliphatic heterocycles. The van der Waals surface area contributed by atoms with E-state index >= 15 is 0 Å². The van der Waals surface area contributed by atoms with Crippen molar-refractivity contribution in [1.29, 1.82) is 0 Å². The number of nitrogens with zero attached hydrogens (tertiary/aromatic N) is 2. The van der Waals surface area contributed by atoms with Crippen LogP contribution in [0.25, 0.3) is 5.53 Å². The van der Waals surface area contributed by atoms with Gasteiger partial charge in [-0.1, -0.05) is 12.8 Å². The van der Waals surface area contributed by atoms with Crippen molar-refractivity contribution in [3.63, 3.8) is 0 Å². The number of fused-ring (bicyclic) bond motifs is 2. The molecular formula is C12H22N2. The Morgan fingerprint density at radius 1 is 0.643 bits per heavy atom. The Morgan fingerprint density at radius 2 is 1.00 bits per heavy atom. The van der Waals surface area contributed by atoms with Gasteiger partial charge >= 0.3 is 0 Å². The van der Waals surface area contributed by atoms with Crippen molar-refractivity contribution in [2.75, 3.05) is 0 Å². The zero-order chi connectivity index (χ0) is 9.80. The summed E-state index contributed by atoms with van der Waals surface area (Å²) < 4.78 is 1.72. The molecule has 14 heavy (non-hydrogen) atoms. The summed E-state index contributed by atoms with van der Waals surface area (Å²) in [7, 11) is 0. The molecule has 2 rings (SSSR count).